The number of nitrogens with one attached hydrogen (secondary N) is 1. The van der Waals surface area contributed by atoms with Crippen LogP contribution >= 0.6 is 0 Å². The van der Waals surface area contributed by atoms with Gasteiger partial charge in [0, 0.05) is 55.0 Å². The van der Waals surface area contributed by atoms with E-state index in [1.165, 1.54) is 5.56 Å². The van der Waals surface area contributed by atoms with Crippen molar-refractivity contribution in [2.75, 3.05) is 31.6 Å². The molecule has 0 atom stereocenters. The lowest BCUT2D eigenvalue weighted by atomic mass is 10.1. The maximum Gasteiger partial charge on any atom is 0.254 e. The van der Waals surface area contributed by atoms with Crippen molar-refractivity contribution < 1.29 is 9.53 Å². The number of fused-ring (bicyclic) bond motifs is 1. The minimum absolute atomic E-state index is 0.0261. The number of carbonyl (C=O) groups is 1. The van der Waals surface area contributed by atoms with E-state index in [1.807, 2.05) is 47.5 Å². The van der Waals surface area contributed by atoms with Crippen molar-refractivity contribution in [2.24, 2.45) is 0 Å². The Kier molecular flexibility index (Phi) is 5.75. The number of carbonyl (C=O) groups excluding carboxylic acids is 1. The zero-order valence-corrected chi connectivity index (χ0v) is 18.8. The van der Waals surface area contributed by atoms with Gasteiger partial charge in [0.25, 0.3) is 5.91 Å². The van der Waals surface area contributed by atoms with E-state index in [0.717, 1.165) is 34.5 Å². The molecule has 1 aromatic carbocycles. The summed E-state index contributed by atoms with van der Waals surface area (Å²) in [4.78, 5) is 28.2. The van der Waals surface area contributed by atoms with E-state index in [0.29, 0.717) is 37.8 Å². The van der Waals surface area contributed by atoms with Crippen LogP contribution in [0.4, 0.5) is 11.6 Å². The van der Waals surface area contributed by atoms with Gasteiger partial charge in [-0.1, -0.05) is 0 Å². The molecular formula is C25H26N6O2. The fourth-order valence-electron chi connectivity index (χ4n) is 4.17. The Balaban J connectivity index is 1.38. The van der Waals surface area contributed by atoms with Gasteiger partial charge in [0.15, 0.2) is 0 Å². The number of pyridine rings is 1. The Labute approximate surface area is 192 Å². The SMILES string of the molecule is CCn1cc(-c2ccnc(Nc3ccc(C(=O)N4CCOCC4)cc3)n2)c2nccc(C)c21. The summed E-state index contributed by atoms with van der Waals surface area (Å²) >= 11 is 0. The highest BCUT2D eigenvalue weighted by Gasteiger charge is 2.18. The van der Waals surface area contributed by atoms with E-state index >= 15 is 0 Å². The van der Waals surface area contributed by atoms with Crippen LogP contribution in [0.3, 0.4) is 0 Å². The van der Waals surface area contributed by atoms with Crippen molar-refractivity contribution in [3.63, 3.8) is 0 Å². The van der Waals surface area contributed by atoms with Gasteiger partial charge in [0.05, 0.1) is 29.9 Å². The van der Waals surface area contributed by atoms with Gasteiger partial charge in [0.2, 0.25) is 5.95 Å². The van der Waals surface area contributed by atoms with Crippen molar-refractivity contribution in [3.05, 3.63) is 66.1 Å². The summed E-state index contributed by atoms with van der Waals surface area (Å²) in [5.41, 5.74) is 6.51. The summed E-state index contributed by atoms with van der Waals surface area (Å²) in [5.74, 6) is 0.517. The van der Waals surface area contributed by atoms with Crippen molar-refractivity contribution in [1.82, 2.24) is 24.4 Å². The number of ether oxygens (including phenoxy) is 1. The third kappa shape index (κ3) is 4.17. The first-order valence-corrected chi connectivity index (χ1v) is 11.2. The number of benzene rings is 1. The Morgan fingerprint density at radius 3 is 2.58 bits per heavy atom. The molecule has 1 N–H and O–H groups in total. The number of hydrogen-bond acceptors (Lipinski definition) is 6. The third-order valence-electron chi connectivity index (χ3n) is 5.91. The highest BCUT2D eigenvalue weighted by atomic mass is 16.5. The van der Waals surface area contributed by atoms with E-state index in [-0.39, 0.29) is 5.91 Å². The molecule has 33 heavy (non-hydrogen) atoms. The summed E-state index contributed by atoms with van der Waals surface area (Å²) in [6.45, 7) is 7.51. The quantitative estimate of drug-likeness (QED) is 0.502. The second-order valence-corrected chi connectivity index (χ2v) is 8.03. The molecule has 1 aliphatic heterocycles. The highest BCUT2D eigenvalue weighted by Crippen LogP contribution is 2.30. The van der Waals surface area contributed by atoms with Gasteiger partial charge in [-0.3, -0.25) is 9.78 Å². The topological polar surface area (TPSA) is 85.2 Å². The summed E-state index contributed by atoms with van der Waals surface area (Å²) in [7, 11) is 0. The van der Waals surface area contributed by atoms with Gasteiger partial charge < -0.3 is 19.5 Å². The van der Waals surface area contributed by atoms with Crippen LogP contribution in [0.15, 0.2) is 55.0 Å². The van der Waals surface area contributed by atoms with Crippen LogP contribution in [0.5, 0.6) is 0 Å². The molecule has 5 rings (SSSR count). The van der Waals surface area contributed by atoms with E-state index < -0.39 is 0 Å². The molecule has 4 heterocycles. The maximum atomic E-state index is 12.6. The Bertz CT molecular complexity index is 1290. The monoisotopic (exact) mass is 442 g/mol. The minimum atomic E-state index is 0.0261. The average Bonchev–Trinajstić information content (AvgIpc) is 3.25. The molecule has 3 aromatic heterocycles. The lowest BCUT2D eigenvalue weighted by Gasteiger charge is -2.26. The van der Waals surface area contributed by atoms with Crippen molar-refractivity contribution >= 4 is 28.6 Å². The van der Waals surface area contributed by atoms with Crippen LogP contribution in [0.1, 0.15) is 22.8 Å². The highest BCUT2D eigenvalue weighted by molar-refractivity contribution is 5.95. The molecule has 0 spiro atoms. The predicted molar refractivity (Wildman–Crippen MR) is 128 cm³/mol. The fraction of sp³-hybridized carbons (Fsp3) is 0.280. The summed E-state index contributed by atoms with van der Waals surface area (Å²) in [5, 5.41) is 3.25. The largest absolute Gasteiger partial charge is 0.378 e. The molecule has 1 fully saturated rings. The van der Waals surface area contributed by atoms with Crippen molar-refractivity contribution in [2.45, 2.75) is 20.4 Å². The zero-order chi connectivity index (χ0) is 22.8. The van der Waals surface area contributed by atoms with Gasteiger partial charge >= 0.3 is 0 Å². The standard InChI is InChI=1S/C25H26N6O2/c1-3-30-16-20(22-23(30)17(2)8-10-26-22)21-9-11-27-25(29-21)28-19-6-4-18(5-7-19)24(32)31-12-14-33-15-13-31/h4-11,16H,3,12-15H2,1-2H3,(H,27,28,29). The average molecular weight is 443 g/mol. The first-order valence-electron chi connectivity index (χ1n) is 11.2. The summed E-state index contributed by atoms with van der Waals surface area (Å²) in [6, 6.07) is 11.3. The zero-order valence-electron chi connectivity index (χ0n) is 18.8. The maximum absolute atomic E-state index is 12.6. The molecule has 0 radical (unpaired) electrons. The van der Waals surface area contributed by atoms with Crippen molar-refractivity contribution in [3.8, 4) is 11.3 Å². The van der Waals surface area contributed by atoms with Crippen LogP contribution in [-0.4, -0.2) is 56.6 Å². The Morgan fingerprint density at radius 1 is 1.06 bits per heavy atom. The third-order valence-corrected chi connectivity index (χ3v) is 5.91. The molecule has 0 saturated carbocycles. The lowest BCUT2D eigenvalue weighted by molar-refractivity contribution is 0.0303. The van der Waals surface area contributed by atoms with Gasteiger partial charge in [-0.15, -0.1) is 0 Å². The van der Waals surface area contributed by atoms with Crippen LogP contribution in [-0.2, 0) is 11.3 Å². The predicted octanol–water partition coefficient (Wildman–Crippen LogP) is 4.04. The number of hydrogen-bond donors (Lipinski definition) is 1. The number of amides is 1. The first-order chi connectivity index (χ1) is 16.1. The molecule has 8 heteroatoms. The van der Waals surface area contributed by atoms with E-state index in [2.05, 4.69) is 39.9 Å². The molecule has 1 aliphatic rings. The fourth-order valence-corrected chi connectivity index (χ4v) is 4.17. The van der Waals surface area contributed by atoms with Crippen molar-refractivity contribution in [1.29, 1.82) is 0 Å². The van der Waals surface area contributed by atoms with E-state index in [4.69, 9.17) is 9.72 Å². The number of rotatable bonds is 5. The number of aromatic nitrogens is 4. The normalized spacial score (nSPS) is 13.9. The van der Waals surface area contributed by atoms with Crippen LogP contribution in [0.25, 0.3) is 22.3 Å². The molecule has 0 bridgehead atoms. The molecule has 0 unspecified atom stereocenters. The smallest absolute Gasteiger partial charge is 0.254 e. The minimum Gasteiger partial charge on any atom is -0.378 e. The molecular weight excluding hydrogens is 416 g/mol. The second kappa shape index (κ2) is 8.99. The first kappa shape index (κ1) is 21.1. The van der Waals surface area contributed by atoms with Gasteiger partial charge in [0.1, 0.15) is 0 Å². The summed E-state index contributed by atoms with van der Waals surface area (Å²) < 4.78 is 7.53. The van der Waals surface area contributed by atoms with Crippen LogP contribution in [0, 0.1) is 6.92 Å². The Morgan fingerprint density at radius 2 is 1.82 bits per heavy atom. The van der Waals surface area contributed by atoms with Gasteiger partial charge in [-0.2, -0.15) is 0 Å². The molecule has 0 aliphatic carbocycles. The van der Waals surface area contributed by atoms with Crippen LogP contribution < -0.4 is 5.32 Å². The van der Waals surface area contributed by atoms with Crippen LogP contribution in [0.2, 0.25) is 0 Å². The molecule has 8 nitrogen and oxygen atoms in total. The number of morpholine rings is 1. The number of aryl methyl sites for hydroxylation is 2. The van der Waals surface area contributed by atoms with E-state index in [1.54, 1.807) is 6.20 Å². The second-order valence-electron chi connectivity index (χ2n) is 8.03. The molecule has 4 aromatic rings. The summed E-state index contributed by atoms with van der Waals surface area (Å²) in [6.07, 6.45) is 5.68. The molecule has 168 valence electrons. The number of nitrogens with zero attached hydrogens (tertiary/aromatic N) is 5. The van der Waals surface area contributed by atoms with Gasteiger partial charge in [-0.25, -0.2) is 9.97 Å². The lowest BCUT2D eigenvalue weighted by Crippen LogP contribution is -2.40. The Hall–Kier alpha value is -3.78. The molecule has 1 saturated heterocycles. The molecule has 1 amide bonds. The van der Waals surface area contributed by atoms with Gasteiger partial charge in [-0.05, 0) is 55.8 Å². The van der Waals surface area contributed by atoms with E-state index in [9.17, 15) is 4.79 Å². The number of anilines is 2.